The molecule has 0 heterocycles. The van der Waals surface area contributed by atoms with Gasteiger partial charge in [-0.25, -0.2) is 4.79 Å². The highest BCUT2D eigenvalue weighted by Crippen LogP contribution is 2.23. The van der Waals surface area contributed by atoms with Crippen LogP contribution in [0.2, 0.25) is 0 Å². The van der Waals surface area contributed by atoms with Gasteiger partial charge in [0.15, 0.2) is 6.10 Å². The van der Waals surface area contributed by atoms with Crippen LogP contribution in [0.4, 0.5) is 0 Å². The minimum Gasteiger partial charge on any atom is -0.418 e. The molecule has 5 N–H and O–H groups in total. The van der Waals surface area contributed by atoms with E-state index in [-0.39, 0.29) is 5.56 Å². The summed E-state index contributed by atoms with van der Waals surface area (Å²) in [7, 11) is 0. The highest BCUT2D eigenvalue weighted by atomic mass is 79.9. The second kappa shape index (κ2) is 7.77. The first-order valence-electron chi connectivity index (χ1n) is 6.09. The van der Waals surface area contributed by atoms with Crippen LogP contribution in [-0.2, 0) is 9.53 Å². The fraction of sp³-hybridized carbons (Fsp3) is 0.385. The molecule has 0 aliphatic carbocycles. The Labute approximate surface area is 133 Å². The summed E-state index contributed by atoms with van der Waals surface area (Å²) in [6, 6.07) is 7.31. The van der Waals surface area contributed by atoms with Gasteiger partial charge in [-0.2, -0.15) is 0 Å². The third-order valence-corrected chi connectivity index (χ3v) is 3.41. The van der Waals surface area contributed by atoms with Gasteiger partial charge < -0.3 is 30.3 Å². The Hall–Kier alpha value is -1.36. The SMILES string of the molecule is O=C(OC(O)(C(=O)Br)C(O)C(O)C(O)CO)c1ccccc1. The van der Waals surface area contributed by atoms with Crippen molar-refractivity contribution in [1.29, 1.82) is 0 Å². The molecule has 0 fully saturated rings. The summed E-state index contributed by atoms with van der Waals surface area (Å²) in [5.74, 6) is -4.29. The maximum absolute atomic E-state index is 11.9. The zero-order valence-electron chi connectivity index (χ0n) is 11.2. The Bertz CT molecular complexity index is 522. The van der Waals surface area contributed by atoms with Crippen LogP contribution in [0.1, 0.15) is 10.4 Å². The lowest BCUT2D eigenvalue weighted by molar-refractivity contribution is -0.239. The summed E-state index contributed by atoms with van der Waals surface area (Å²) >= 11 is 2.36. The molecule has 0 amide bonds. The van der Waals surface area contributed by atoms with Crippen molar-refractivity contribution in [1.82, 2.24) is 0 Å². The summed E-state index contributed by atoms with van der Waals surface area (Å²) < 4.78 is 3.23. The zero-order valence-corrected chi connectivity index (χ0v) is 12.8. The summed E-state index contributed by atoms with van der Waals surface area (Å²) in [6.45, 7) is -0.947. The molecule has 0 spiro atoms. The van der Waals surface area contributed by atoms with Crippen LogP contribution in [0.25, 0.3) is 0 Å². The quantitative estimate of drug-likeness (QED) is 0.219. The van der Waals surface area contributed by atoms with Gasteiger partial charge in [0.05, 0.1) is 12.2 Å². The van der Waals surface area contributed by atoms with E-state index in [4.69, 9.17) is 5.11 Å². The van der Waals surface area contributed by atoms with Crippen LogP contribution >= 0.6 is 15.9 Å². The lowest BCUT2D eigenvalue weighted by Gasteiger charge is -2.33. The number of benzene rings is 1. The fourth-order valence-electron chi connectivity index (χ4n) is 1.54. The number of esters is 1. The molecule has 0 aromatic heterocycles. The van der Waals surface area contributed by atoms with E-state index in [1.54, 1.807) is 6.07 Å². The molecule has 1 aromatic rings. The smallest absolute Gasteiger partial charge is 0.341 e. The molecular formula is C13H15BrO8. The van der Waals surface area contributed by atoms with Crippen molar-refractivity contribution >= 4 is 26.6 Å². The Morgan fingerprint density at radius 3 is 2.18 bits per heavy atom. The van der Waals surface area contributed by atoms with E-state index < -0.39 is 41.4 Å². The Kier molecular flexibility index (Phi) is 6.60. The molecule has 1 aromatic carbocycles. The zero-order chi connectivity index (χ0) is 16.9. The van der Waals surface area contributed by atoms with Crippen molar-refractivity contribution in [3.05, 3.63) is 35.9 Å². The highest BCUT2D eigenvalue weighted by molar-refractivity contribution is 9.18. The van der Waals surface area contributed by atoms with Crippen LogP contribution in [0.5, 0.6) is 0 Å². The molecule has 0 radical (unpaired) electrons. The van der Waals surface area contributed by atoms with E-state index in [0.717, 1.165) is 0 Å². The number of ether oxygens (including phenoxy) is 1. The van der Waals surface area contributed by atoms with E-state index in [0.29, 0.717) is 0 Å². The molecule has 9 heteroatoms. The molecule has 0 saturated carbocycles. The van der Waals surface area contributed by atoms with Crippen molar-refractivity contribution < 1.29 is 39.9 Å². The molecule has 122 valence electrons. The van der Waals surface area contributed by atoms with Gasteiger partial charge in [-0.15, -0.1) is 0 Å². The Balaban J connectivity index is 3.01. The maximum atomic E-state index is 11.9. The first kappa shape index (κ1) is 18.7. The third-order valence-electron chi connectivity index (χ3n) is 2.85. The van der Waals surface area contributed by atoms with Crippen LogP contribution in [0.15, 0.2) is 30.3 Å². The number of aliphatic hydroxyl groups is 5. The summed E-state index contributed by atoms with van der Waals surface area (Å²) in [5.41, 5.74) is -0.0147. The van der Waals surface area contributed by atoms with Crippen LogP contribution < -0.4 is 0 Å². The lowest BCUT2D eigenvalue weighted by Crippen LogP contribution is -2.59. The predicted octanol–water partition coefficient (Wildman–Crippen LogP) is -1.47. The average Bonchev–Trinajstić information content (AvgIpc) is 2.52. The number of aliphatic hydroxyl groups excluding tert-OH is 4. The fourth-order valence-corrected chi connectivity index (χ4v) is 1.86. The number of hydrogen-bond donors (Lipinski definition) is 5. The monoisotopic (exact) mass is 378 g/mol. The van der Waals surface area contributed by atoms with Gasteiger partial charge in [0, 0.05) is 0 Å². The van der Waals surface area contributed by atoms with Gasteiger partial charge >= 0.3 is 11.8 Å². The molecule has 4 unspecified atom stereocenters. The lowest BCUT2D eigenvalue weighted by atomic mass is 10.0. The number of rotatable bonds is 7. The van der Waals surface area contributed by atoms with Crippen molar-refractivity contribution in [2.24, 2.45) is 0 Å². The van der Waals surface area contributed by atoms with Crippen molar-refractivity contribution in [3.63, 3.8) is 0 Å². The minimum absolute atomic E-state index is 0.0147. The van der Waals surface area contributed by atoms with Gasteiger partial charge in [0.1, 0.15) is 12.2 Å². The molecule has 0 aliphatic heterocycles. The molecule has 4 atom stereocenters. The van der Waals surface area contributed by atoms with E-state index in [1.165, 1.54) is 24.3 Å². The number of hydrogen-bond acceptors (Lipinski definition) is 8. The van der Waals surface area contributed by atoms with Gasteiger partial charge in [-0.1, -0.05) is 18.2 Å². The molecule has 0 aliphatic rings. The van der Waals surface area contributed by atoms with Gasteiger partial charge in [0.2, 0.25) is 0 Å². The standard InChI is InChI=1S/C13H15BrO8/c14-12(20)13(21,10(18)9(17)8(16)6-15)22-11(19)7-4-2-1-3-5-7/h1-5,8-10,15-18,21H,6H2. The van der Waals surface area contributed by atoms with E-state index in [9.17, 15) is 30.0 Å². The molecule has 0 saturated heterocycles. The molecule has 1 rings (SSSR count). The normalized spacial score (nSPS) is 17.9. The minimum atomic E-state index is -3.15. The summed E-state index contributed by atoms with van der Waals surface area (Å²) in [4.78, 5) is 23.3. The first-order valence-corrected chi connectivity index (χ1v) is 6.89. The molecule has 8 nitrogen and oxygen atoms in total. The molecular weight excluding hydrogens is 364 g/mol. The summed E-state index contributed by atoms with van der Waals surface area (Å²) in [5, 5.41) is 47.4. The Morgan fingerprint density at radius 2 is 1.73 bits per heavy atom. The topological polar surface area (TPSA) is 145 Å². The third kappa shape index (κ3) is 4.09. The van der Waals surface area contributed by atoms with Crippen molar-refractivity contribution in [3.8, 4) is 0 Å². The van der Waals surface area contributed by atoms with E-state index >= 15 is 0 Å². The van der Waals surface area contributed by atoms with Crippen molar-refractivity contribution in [2.75, 3.05) is 6.61 Å². The second-order valence-electron chi connectivity index (χ2n) is 4.41. The van der Waals surface area contributed by atoms with Crippen LogP contribution in [-0.4, -0.2) is 66.9 Å². The maximum Gasteiger partial charge on any atom is 0.341 e. The van der Waals surface area contributed by atoms with Gasteiger partial charge in [0.25, 0.3) is 4.69 Å². The van der Waals surface area contributed by atoms with Crippen LogP contribution in [0, 0.1) is 0 Å². The van der Waals surface area contributed by atoms with Gasteiger partial charge in [-0.3, -0.25) is 4.79 Å². The number of halogens is 1. The molecule has 0 bridgehead atoms. The summed E-state index contributed by atoms with van der Waals surface area (Å²) in [6.07, 6.45) is -6.39. The number of carbonyl (C=O) groups excluding carboxylic acids is 2. The second-order valence-corrected chi connectivity index (χ2v) is 5.13. The van der Waals surface area contributed by atoms with Gasteiger partial charge in [-0.05, 0) is 28.1 Å². The largest absolute Gasteiger partial charge is 0.418 e. The van der Waals surface area contributed by atoms with Crippen LogP contribution in [0.3, 0.4) is 0 Å². The van der Waals surface area contributed by atoms with Crippen molar-refractivity contribution in [2.45, 2.75) is 24.1 Å². The average molecular weight is 379 g/mol. The highest BCUT2D eigenvalue weighted by Gasteiger charge is 2.51. The molecule has 22 heavy (non-hydrogen) atoms. The number of carbonyl (C=O) groups is 2. The Morgan fingerprint density at radius 1 is 1.18 bits per heavy atom. The first-order chi connectivity index (χ1) is 10.2. The van der Waals surface area contributed by atoms with E-state index in [1.807, 2.05) is 0 Å². The predicted molar refractivity (Wildman–Crippen MR) is 75.8 cm³/mol. The van der Waals surface area contributed by atoms with E-state index in [2.05, 4.69) is 20.7 Å².